The summed E-state index contributed by atoms with van der Waals surface area (Å²) < 4.78 is 6.81. The number of hydrogen-bond acceptors (Lipinski definition) is 6. The summed E-state index contributed by atoms with van der Waals surface area (Å²) in [4.78, 5) is 26.5. The minimum Gasteiger partial charge on any atom is -0.465 e. The van der Waals surface area contributed by atoms with Crippen molar-refractivity contribution in [3.8, 4) is 0 Å². The predicted octanol–water partition coefficient (Wildman–Crippen LogP) is 3.89. The van der Waals surface area contributed by atoms with Gasteiger partial charge < -0.3 is 15.4 Å². The Morgan fingerprint density at radius 1 is 1.34 bits per heavy atom. The Bertz CT molecular complexity index is 946. The fraction of sp³-hybridized carbons (Fsp3) is 0.550. The number of rotatable bonds is 4. The van der Waals surface area contributed by atoms with E-state index in [1.807, 2.05) is 13.8 Å². The van der Waals surface area contributed by atoms with Crippen molar-refractivity contribution in [2.75, 3.05) is 12.4 Å². The van der Waals surface area contributed by atoms with Crippen molar-refractivity contribution in [2.45, 2.75) is 65.6 Å². The topological polar surface area (TPSA) is 85.2 Å². The summed E-state index contributed by atoms with van der Waals surface area (Å²) in [5, 5.41) is 11.4. The number of carbonyl (C=O) groups excluding carboxylic acids is 2. The number of nitrogens with one attached hydrogen (secondary N) is 2. The highest BCUT2D eigenvalue weighted by Gasteiger charge is 2.42. The molecule has 0 spiro atoms. The third-order valence-electron chi connectivity index (χ3n) is 4.97. The number of fused-ring (bicyclic) bond motifs is 1. The van der Waals surface area contributed by atoms with Crippen LogP contribution in [0.4, 0.5) is 5.00 Å². The summed E-state index contributed by atoms with van der Waals surface area (Å²) in [6, 6.07) is 1.75. The van der Waals surface area contributed by atoms with E-state index in [1.165, 1.54) is 18.4 Å². The fourth-order valence-electron chi connectivity index (χ4n) is 4.04. The third-order valence-corrected chi connectivity index (χ3v) is 6.45. The molecule has 29 heavy (non-hydrogen) atoms. The molecule has 0 radical (unpaired) electrons. The number of thiophene rings is 1. The molecule has 0 saturated carbocycles. The van der Waals surface area contributed by atoms with Gasteiger partial charge in [-0.3, -0.25) is 9.48 Å². The first-order valence-electron chi connectivity index (χ1n) is 9.38. The van der Waals surface area contributed by atoms with Crippen molar-refractivity contribution < 1.29 is 14.3 Å². The number of aromatic nitrogens is 2. The number of methoxy groups -OCH3 is 1. The molecule has 0 saturated heterocycles. The standard InChI is InChI=1S/C20H28N4O3S.ClH/c1-8-24-11(2)9-13(22-24)16(25)21-17-14(18(26)27-7)12-10-19(3,4)23-20(5,6)15(12)28-17;/h9,23H,8,10H2,1-7H3,(H,21,25);1H. The maximum Gasteiger partial charge on any atom is 0.341 e. The van der Waals surface area contributed by atoms with E-state index in [2.05, 4.69) is 43.4 Å². The van der Waals surface area contributed by atoms with E-state index in [4.69, 9.17) is 4.74 Å². The Balaban J connectivity index is 0.00000300. The van der Waals surface area contributed by atoms with Gasteiger partial charge in [0.05, 0.1) is 12.7 Å². The SMILES string of the molecule is CCn1nc(C(=O)Nc2sc3c(c2C(=O)OC)CC(C)(C)NC3(C)C)cc1C.Cl. The highest BCUT2D eigenvalue weighted by atomic mass is 35.5. The molecule has 1 amide bonds. The Labute approximate surface area is 181 Å². The van der Waals surface area contributed by atoms with Crippen LogP contribution in [0, 0.1) is 6.92 Å². The van der Waals surface area contributed by atoms with Crippen LogP contribution in [-0.4, -0.2) is 34.3 Å². The molecule has 1 aliphatic heterocycles. The second kappa shape index (κ2) is 8.08. The number of esters is 1. The quantitative estimate of drug-likeness (QED) is 0.704. The Kier molecular flexibility index (Phi) is 6.52. The maximum absolute atomic E-state index is 12.8. The smallest absolute Gasteiger partial charge is 0.341 e. The number of carbonyl (C=O) groups is 2. The van der Waals surface area contributed by atoms with Gasteiger partial charge in [-0.2, -0.15) is 5.10 Å². The van der Waals surface area contributed by atoms with Crippen LogP contribution in [0.5, 0.6) is 0 Å². The minimum atomic E-state index is -0.434. The molecule has 2 aromatic heterocycles. The van der Waals surface area contributed by atoms with Crippen LogP contribution >= 0.6 is 23.7 Å². The van der Waals surface area contributed by atoms with Gasteiger partial charge in [-0.25, -0.2) is 4.79 Å². The van der Waals surface area contributed by atoms with Gasteiger partial charge in [0.25, 0.3) is 5.91 Å². The first-order chi connectivity index (χ1) is 13.0. The predicted molar refractivity (Wildman–Crippen MR) is 117 cm³/mol. The van der Waals surface area contributed by atoms with Gasteiger partial charge in [0.1, 0.15) is 5.00 Å². The van der Waals surface area contributed by atoms with Crippen LogP contribution < -0.4 is 10.6 Å². The van der Waals surface area contributed by atoms with Gasteiger partial charge in [-0.1, -0.05) is 0 Å². The highest BCUT2D eigenvalue weighted by Crippen LogP contribution is 2.45. The molecule has 3 rings (SSSR count). The van der Waals surface area contributed by atoms with E-state index < -0.39 is 5.97 Å². The number of amides is 1. The van der Waals surface area contributed by atoms with Gasteiger partial charge in [-0.15, -0.1) is 23.7 Å². The average molecular weight is 441 g/mol. The maximum atomic E-state index is 12.8. The van der Waals surface area contributed by atoms with Crippen LogP contribution in [0.15, 0.2) is 6.07 Å². The number of ether oxygens (including phenoxy) is 1. The molecular weight excluding hydrogens is 412 g/mol. The summed E-state index contributed by atoms with van der Waals surface area (Å²) in [7, 11) is 1.36. The van der Waals surface area contributed by atoms with Crippen LogP contribution in [0.25, 0.3) is 0 Å². The number of halogens is 1. The zero-order chi connectivity index (χ0) is 20.9. The third kappa shape index (κ3) is 4.34. The molecule has 0 unspecified atom stereocenters. The second-order valence-electron chi connectivity index (χ2n) is 8.36. The summed E-state index contributed by atoms with van der Waals surface area (Å²) >= 11 is 1.42. The van der Waals surface area contributed by atoms with Crippen molar-refractivity contribution in [1.82, 2.24) is 15.1 Å². The summed E-state index contributed by atoms with van der Waals surface area (Å²) in [5.74, 6) is -0.763. The molecule has 7 nitrogen and oxygen atoms in total. The molecule has 1 aliphatic rings. The molecule has 0 aromatic carbocycles. The number of nitrogens with zero attached hydrogens (tertiary/aromatic N) is 2. The normalized spacial score (nSPS) is 16.5. The summed E-state index contributed by atoms with van der Waals surface area (Å²) in [5.41, 5.74) is 2.13. The van der Waals surface area contributed by atoms with Crippen molar-refractivity contribution in [3.05, 3.63) is 33.5 Å². The second-order valence-corrected chi connectivity index (χ2v) is 9.38. The lowest BCUT2D eigenvalue weighted by Crippen LogP contribution is -2.55. The van der Waals surface area contributed by atoms with Gasteiger partial charge in [0.15, 0.2) is 5.69 Å². The van der Waals surface area contributed by atoms with Crippen molar-refractivity contribution in [2.24, 2.45) is 0 Å². The molecule has 0 aliphatic carbocycles. The number of hydrogen-bond donors (Lipinski definition) is 2. The molecule has 3 heterocycles. The van der Waals surface area contributed by atoms with Crippen LogP contribution in [0.1, 0.15) is 71.6 Å². The van der Waals surface area contributed by atoms with Crippen LogP contribution in [0.3, 0.4) is 0 Å². The van der Waals surface area contributed by atoms with Gasteiger partial charge in [0.2, 0.25) is 0 Å². The summed E-state index contributed by atoms with van der Waals surface area (Å²) in [6.07, 6.45) is 0.673. The Morgan fingerprint density at radius 2 is 2.00 bits per heavy atom. The van der Waals surface area contributed by atoms with Crippen LogP contribution in [0.2, 0.25) is 0 Å². The monoisotopic (exact) mass is 440 g/mol. The molecular formula is C20H29ClN4O3S. The molecule has 0 bridgehead atoms. The van der Waals surface area contributed by atoms with Crippen molar-refractivity contribution >= 4 is 40.6 Å². The first-order valence-corrected chi connectivity index (χ1v) is 10.2. The number of anilines is 1. The van der Waals surface area contributed by atoms with E-state index in [0.717, 1.165) is 16.1 Å². The Morgan fingerprint density at radius 3 is 2.55 bits per heavy atom. The lowest BCUT2D eigenvalue weighted by atomic mass is 9.81. The highest BCUT2D eigenvalue weighted by molar-refractivity contribution is 7.17. The van der Waals surface area contributed by atoms with Gasteiger partial charge >= 0.3 is 5.97 Å². The van der Waals surface area contributed by atoms with Crippen molar-refractivity contribution in [1.29, 1.82) is 0 Å². The van der Waals surface area contributed by atoms with E-state index in [0.29, 0.717) is 29.2 Å². The zero-order valence-corrected chi connectivity index (χ0v) is 19.6. The van der Waals surface area contributed by atoms with E-state index in [1.54, 1.807) is 10.7 Å². The molecule has 2 N–H and O–H groups in total. The van der Waals surface area contributed by atoms with Gasteiger partial charge in [0, 0.05) is 28.2 Å². The fourth-order valence-corrected chi connectivity index (χ4v) is 5.30. The van der Waals surface area contributed by atoms with Gasteiger partial charge in [-0.05, 0) is 59.6 Å². The average Bonchev–Trinajstić information content (AvgIpc) is 3.13. The lowest BCUT2D eigenvalue weighted by Gasteiger charge is -2.42. The largest absolute Gasteiger partial charge is 0.465 e. The lowest BCUT2D eigenvalue weighted by molar-refractivity contribution is 0.0600. The van der Waals surface area contributed by atoms with Crippen molar-refractivity contribution in [3.63, 3.8) is 0 Å². The van der Waals surface area contributed by atoms with E-state index in [9.17, 15) is 9.59 Å². The first kappa shape index (κ1) is 23.4. The van der Waals surface area contributed by atoms with E-state index in [-0.39, 0.29) is 29.4 Å². The molecule has 9 heteroatoms. The molecule has 0 atom stereocenters. The van der Waals surface area contributed by atoms with E-state index >= 15 is 0 Å². The van der Waals surface area contributed by atoms with Crippen LogP contribution in [-0.2, 0) is 23.2 Å². The Hall–Kier alpha value is -1.90. The summed E-state index contributed by atoms with van der Waals surface area (Å²) in [6.45, 7) is 13.0. The minimum absolute atomic E-state index is 0. The number of aryl methyl sites for hydroxylation is 2. The molecule has 160 valence electrons. The molecule has 2 aromatic rings. The molecule has 0 fully saturated rings. The zero-order valence-electron chi connectivity index (χ0n) is 17.9.